The third-order valence-electron chi connectivity index (χ3n) is 1.63. The maximum Gasteiger partial charge on any atom is 0.0897 e. The van der Waals surface area contributed by atoms with E-state index in [-0.39, 0.29) is 6.61 Å². The molecule has 0 saturated heterocycles. The Kier molecular flexibility index (Phi) is 6.51. The van der Waals surface area contributed by atoms with Crippen LogP contribution in [0.3, 0.4) is 0 Å². The van der Waals surface area contributed by atoms with E-state index in [1.165, 1.54) is 6.42 Å². The van der Waals surface area contributed by atoms with Gasteiger partial charge in [-0.2, -0.15) is 0 Å². The van der Waals surface area contributed by atoms with Crippen molar-refractivity contribution < 1.29 is 10.2 Å². The van der Waals surface area contributed by atoms with Crippen LogP contribution >= 0.6 is 0 Å². The average Bonchev–Trinajstić information content (AvgIpc) is 2.00. The first kappa shape index (κ1) is 10.9. The van der Waals surface area contributed by atoms with Crippen LogP contribution in [0.25, 0.3) is 0 Å². The fourth-order valence-electron chi connectivity index (χ4n) is 0.937. The van der Waals surface area contributed by atoms with Gasteiger partial charge in [-0.3, -0.25) is 0 Å². The van der Waals surface area contributed by atoms with E-state index in [0.717, 1.165) is 13.0 Å². The maximum absolute atomic E-state index is 9.04. The summed E-state index contributed by atoms with van der Waals surface area (Å²) < 4.78 is 0. The predicted molar refractivity (Wildman–Crippen MR) is 45.5 cm³/mol. The van der Waals surface area contributed by atoms with Gasteiger partial charge in [0.2, 0.25) is 0 Å². The summed E-state index contributed by atoms with van der Waals surface area (Å²) in [4.78, 5) is 2.03. The largest absolute Gasteiger partial charge is 0.394 e. The SMILES string of the molecule is CCCCN(C)CC(O)CO. The second-order valence-corrected chi connectivity index (χ2v) is 2.95. The van der Waals surface area contributed by atoms with Gasteiger partial charge in [-0.05, 0) is 20.0 Å². The monoisotopic (exact) mass is 161 g/mol. The molecule has 0 aliphatic heterocycles. The standard InChI is InChI=1S/C8H19NO2/c1-3-4-5-9(2)6-8(11)7-10/h8,10-11H,3-7H2,1-2H3. The van der Waals surface area contributed by atoms with Crippen molar-refractivity contribution in [1.29, 1.82) is 0 Å². The Bertz CT molecular complexity index is 88.2. The van der Waals surface area contributed by atoms with Crippen LogP contribution in [0.2, 0.25) is 0 Å². The molecule has 0 aromatic rings. The van der Waals surface area contributed by atoms with E-state index in [1.54, 1.807) is 0 Å². The van der Waals surface area contributed by atoms with E-state index in [4.69, 9.17) is 10.2 Å². The Balaban J connectivity index is 3.27. The molecule has 1 unspecified atom stereocenters. The first-order valence-electron chi connectivity index (χ1n) is 4.18. The first-order chi connectivity index (χ1) is 5.20. The highest BCUT2D eigenvalue weighted by Crippen LogP contribution is 1.93. The number of likely N-dealkylation sites (N-methyl/N-ethyl adjacent to an activating group) is 1. The number of nitrogens with zero attached hydrogens (tertiary/aromatic N) is 1. The number of unbranched alkanes of at least 4 members (excludes halogenated alkanes) is 1. The molecule has 0 radical (unpaired) electrons. The highest BCUT2D eigenvalue weighted by molar-refractivity contribution is 4.58. The molecule has 2 N–H and O–H groups in total. The van der Waals surface area contributed by atoms with Gasteiger partial charge in [0.1, 0.15) is 0 Å². The van der Waals surface area contributed by atoms with Crippen molar-refractivity contribution in [1.82, 2.24) is 4.90 Å². The van der Waals surface area contributed by atoms with Crippen molar-refractivity contribution in [2.45, 2.75) is 25.9 Å². The van der Waals surface area contributed by atoms with E-state index >= 15 is 0 Å². The predicted octanol–water partition coefficient (Wildman–Crippen LogP) is 0.0715. The molecule has 0 fully saturated rings. The van der Waals surface area contributed by atoms with Crippen molar-refractivity contribution in [3.63, 3.8) is 0 Å². The second kappa shape index (κ2) is 6.58. The molecular weight excluding hydrogens is 142 g/mol. The van der Waals surface area contributed by atoms with Crippen LogP contribution in [-0.4, -0.2) is 48.0 Å². The van der Waals surface area contributed by atoms with Crippen LogP contribution in [-0.2, 0) is 0 Å². The Labute approximate surface area is 68.6 Å². The van der Waals surface area contributed by atoms with E-state index in [1.807, 2.05) is 11.9 Å². The Morgan fingerprint density at radius 3 is 2.55 bits per heavy atom. The Morgan fingerprint density at radius 2 is 2.09 bits per heavy atom. The van der Waals surface area contributed by atoms with Gasteiger partial charge in [-0.1, -0.05) is 13.3 Å². The first-order valence-corrected chi connectivity index (χ1v) is 4.18. The molecule has 0 aromatic heterocycles. The summed E-state index contributed by atoms with van der Waals surface area (Å²) in [6.45, 7) is 3.55. The fraction of sp³-hybridized carbons (Fsp3) is 1.00. The van der Waals surface area contributed by atoms with Crippen LogP contribution in [0, 0.1) is 0 Å². The summed E-state index contributed by atoms with van der Waals surface area (Å²) in [5.41, 5.74) is 0. The van der Waals surface area contributed by atoms with Crippen LogP contribution in [0.5, 0.6) is 0 Å². The highest BCUT2D eigenvalue weighted by Gasteiger charge is 2.04. The highest BCUT2D eigenvalue weighted by atomic mass is 16.3. The van der Waals surface area contributed by atoms with Crippen molar-refractivity contribution in [2.24, 2.45) is 0 Å². The Hall–Kier alpha value is -0.120. The molecule has 3 heteroatoms. The molecule has 0 saturated carbocycles. The van der Waals surface area contributed by atoms with Crippen LogP contribution < -0.4 is 0 Å². The molecule has 0 spiro atoms. The summed E-state index contributed by atoms with van der Waals surface area (Å²) in [5, 5.41) is 17.6. The molecule has 68 valence electrons. The van der Waals surface area contributed by atoms with E-state index in [9.17, 15) is 0 Å². The van der Waals surface area contributed by atoms with Crippen LogP contribution in [0.1, 0.15) is 19.8 Å². The summed E-state index contributed by atoms with van der Waals surface area (Å²) in [6, 6.07) is 0. The minimum Gasteiger partial charge on any atom is -0.394 e. The zero-order chi connectivity index (χ0) is 8.69. The number of rotatable bonds is 6. The summed E-state index contributed by atoms with van der Waals surface area (Å²) >= 11 is 0. The molecule has 11 heavy (non-hydrogen) atoms. The molecule has 0 amide bonds. The summed E-state index contributed by atoms with van der Waals surface area (Å²) in [6.07, 6.45) is 1.73. The second-order valence-electron chi connectivity index (χ2n) is 2.95. The molecule has 1 atom stereocenters. The molecule has 0 aliphatic rings. The van der Waals surface area contributed by atoms with Crippen molar-refractivity contribution in [3.8, 4) is 0 Å². The van der Waals surface area contributed by atoms with Crippen LogP contribution in [0.15, 0.2) is 0 Å². The third kappa shape index (κ3) is 6.28. The van der Waals surface area contributed by atoms with Gasteiger partial charge in [0, 0.05) is 6.54 Å². The fourth-order valence-corrected chi connectivity index (χ4v) is 0.937. The quantitative estimate of drug-likeness (QED) is 0.579. The zero-order valence-corrected chi connectivity index (χ0v) is 7.45. The van der Waals surface area contributed by atoms with Gasteiger partial charge in [-0.15, -0.1) is 0 Å². The van der Waals surface area contributed by atoms with Crippen molar-refractivity contribution >= 4 is 0 Å². The lowest BCUT2D eigenvalue weighted by molar-refractivity contribution is 0.0663. The van der Waals surface area contributed by atoms with E-state index in [2.05, 4.69) is 6.92 Å². The topological polar surface area (TPSA) is 43.7 Å². The third-order valence-corrected chi connectivity index (χ3v) is 1.63. The van der Waals surface area contributed by atoms with Gasteiger partial charge in [0.25, 0.3) is 0 Å². The van der Waals surface area contributed by atoms with E-state index in [0.29, 0.717) is 6.54 Å². The zero-order valence-electron chi connectivity index (χ0n) is 7.45. The average molecular weight is 161 g/mol. The van der Waals surface area contributed by atoms with Gasteiger partial charge in [-0.25, -0.2) is 0 Å². The molecule has 0 heterocycles. The van der Waals surface area contributed by atoms with Gasteiger partial charge in [0.05, 0.1) is 12.7 Å². The molecule has 0 rings (SSSR count). The molecule has 0 aromatic carbocycles. The Morgan fingerprint density at radius 1 is 1.45 bits per heavy atom. The minimum absolute atomic E-state index is 0.142. The number of aliphatic hydroxyl groups is 2. The number of hydrogen-bond donors (Lipinski definition) is 2. The van der Waals surface area contributed by atoms with Crippen LogP contribution in [0.4, 0.5) is 0 Å². The number of aliphatic hydroxyl groups excluding tert-OH is 2. The lowest BCUT2D eigenvalue weighted by Crippen LogP contribution is -2.31. The van der Waals surface area contributed by atoms with Crippen molar-refractivity contribution in [3.05, 3.63) is 0 Å². The summed E-state index contributed by atoms with van der Waals surface area (Å²) in [5.74, 6) is 0. The maximum atomic E-state index is 9.04. The lowest BCUT2D eigenvalue weighted by Gasteiger charge is -2.18. The minimum atomic E-state index is -0.586. The van der Waals surface area contributed by atoms with Crippen molar-refractivity contribution in [2.75, 3.05) is 26.7 Å². The molecule has 0 aliphatic carbocycles. The lowest BCUT2D eigenvalue weighted by atomic mass is 10.3. The molecule has 3 nitrogen and oxygen atoms in total. The van der Waals surface area contributed by atoms with Gasteiger partial charge < -0.3 is 15.1 Å². The normalized spacial score (nSPS) is 13.9. The summed E-state index contributed by atoms with van der Waals surface area (Å²) in [7, 11) is 1.95. The molecule has 0 bridgehead atoms. The number of hydrogen-bond acceptors (Lipinski definition) is 3. The van der Waals surface area contributed by atoms with Gasteiger partial charge >= 0.3 is 0 Å². The van der Waals surface area contributed by atoms with Gasteiger partial charge in [0.15, 0.2) is 0 Å². The smallest absolute Gasteiger partial charge is 0.0897 e. The molecular formula is C8H19NO2. The van der Waals surface area contributed by atoms with E-state index < -0.39 is 6.10 Å².